The van der Waals surface area contributed by atoms with Crippen LogP contribution in [-0.2, 0) is 12.8 Å². The van der Waals surface area contributed by atoms with Gasteiger partial charge in [-0.15, -0.1) is 0 Å². The van der Waals surface area contributed by atoms with Crippen LogP contribution >= 0.6 is 0 Å². The van der Waals surface area contributed by atoms with Crippen molar-refractivity contribution in [3.8, 4) is 5.69 Å². The van der Waals surface area contributed by atoms with Gasteiger partial charge >= 0.3 is 0 Å². The number of aryl methyl sites for hydroxylation is 1. The SMILES string of the molecule is Cc1ccc([N+](=O)[O-])cc1-n1nc(Cc2ccc(F)cc2)c2c1NCC2. The Morgan fingerprint density at radius 2 is 2.04 bits per heavy atom. The number of nitrogens with one attached hydrogen (secondary N) is 1. The van der Waals surface area contributed by atoms with Crippen molar-refractivity contribution in [1.82, 2.24) is 9.78 Å². The van der Waals surface area contributed by atoms with Crippen LogP contribution in [0.3, 0.4) is 0 Å². The highest BCUT2D eigenvalue weighted by atomic mass is 19.1. The summed E-state index contributed by atoms with van der Waals surface area (Å²) in [6.45, 7) is 2.71. The molecule has 1 aromatic heterocycles. The standard InChI is InChI=1S/C19H17FN4O2/c1-12-2-7-15(24(25)26)11-18(12)23-19-16(8-9-21-19)17(22-23)10-13-3-5-14(20)6-4-13/h2-7,11,21H,8-10H2,1H3. The average Bonchev–Trinajstić information content (AvgIpc) is 3.21. The predicted molar refractivity (Wildman–Crippen MR) is 96.4 cm³/mol. The molecule has 1 aliphatic heterocycles. The summed E-state index contributed by atoms with van der Waals surface area (Å²) in [4.78, 5) is 10.7. The van der Waals surface area contributed by atoms with E-state index in [9.17, 15) is 14.5 Å². The van der Waals surface area contributed by atoms with Gasteiger partial charge in [0, 0.05) is 30.7 Å². The van der Waals surface area contributed by atoms with Crippen molar-refractivity contribution in [2.75, 3.05) is 11.9 Å². The van der Waals surface area contributed by atoms with E-state index in [0.717, 1.165) is 41.2 Å². The highest BCUT2D eigenvalue weighted by molar-refractivity contribution is 5.60. The Hall–Kier alpha value is -3.22. The van der Waals surface area contributed by atoms with Gasteiger partial charge in [-0.2, -0.15) is 5.10 Å². The van der Waals surface area contributed by atoms with Crippen LogP contribution in [-0.4, -0.2) is 21.2 Å². The molecule has 0 spiro atoms. The maximum absolute atomic E-state index is 13.1. The van der Waals surface area contributed by atoms with Crippen LogP contribution in [0.2, 0.25) is 0 Å². The van der Waals surface area contributed by atoms with Crippen molar-refractivity contribution in [2.24, 2.45) is 0 Å². The number of aromatic nitrogens is 2. The molecule has 0 atom stereocenters. The zero-order valence-electron chi connectivity index (χ0n) is 14.2. The van der Waals surface area contributed by atoms with Crippen molar-refractivity contribution in [3.63, 3.8) is 0 Å². The van der Waals surface area contributed by atoms with Gasteiger partial charge in [-0.3, -0.25) is 10.1 Å². The molecule has 0 saturated carbocycles. The number of nitrogens with zero attached hydrogens (tertiary/aromatic N) is 3. The summed E-state index contributed by atoms with van der Waals surface area (Å²) in [5, 5.41) is 19.2. The van der Waals surface area contributed by atoms with E-state index in [0.29, 0.717) is 12.1 Å². The lowest BCUT2D eigenvalue weighted by atomic mass is 10.1. The van der Waals surface area contributed by atoms with Crippen LogP contribution in [0.1, 0.15) is 22.4 Å². The first kappa shape index (κ1) is 16.3. The van der Waals surface area contributed by atoms with Crippen molar-refractivity contribution in [3.05, 3.63) is 80.8 Å². The Balaban J connectivity index is 1.78. The first-order chi connectivity index (χ1) is 12.5. The van der Waals surface area contributed by atoms with Gasteiger partial charge in [0.1, 0.15) is 11.6 Å². The van der Waals surface area contributed by atoms with E-state index in [2.05, 4.69) is 5.32 Å². The van der Waals surface area contributed by atoms with Crippen molar-refractivity contribution in [1.29, 1.82) is 0 Å². The average molecular weight is 352 g/mol. The molecule has 6 nitrogen and oxygen atoms in total. The van der Waals surface area contributed by atoms with Gasteiger partial charge in [-0.1, -0.05) is 18.2 Å². The molecule has 0 saturated heterocycles. The van der Waals surface area contributed by atoms with Crippen molar-refractivity contribution < 1.29 is 9.31 Å². The van der Waals surface area contributed by atoms with Gasteiger partial charge in [0.25, 0.3) is 5.69 Å². The normalized spacial score (nSPS) is 12.7. The molecular formula is C19H17FN4O2. The number of hydrogen-bond donors (Lipinski definition) is 1. The number of anilines is 1. The molecule has 0 radical (unpaired) electrons. The van der Waals surface area contributed by atoms with Crippen molar-refractivity contribution in [2.45, 2.75) is 19.8 Å². The van der Waals surface area contributed by atoms with Crippen molar-refractivity contribution >= 4 is 11.5 Å². The summed E-state index contributed by atoms with van der Waals surface area (Å²) in [5.41, 5.74) is 4.62. The first-order valence-electron chi connectivity index (χ1n) is 8.37. The fourth-order valence-corrected chi connectivity index (χ4v) is 3.30. The van der Waals surface area contributed by atoms with Gasteiger partial charge in [-0.25, -0.2) is 9.07 Å². The minimum absolute atomic E-state index is 0.0351. The summed E-state index contributed by atoms with van der Waals surface area (Å²) in [6, 6.07) is 11.2. The summed E-state index contributed by atoms with van der Waals surface area (Å²) in [6.07, 6.45) is 1.44. The minimum atomic E-state index is -0.403. The number of halogens is 1. The van der Waals surface area contributed by atoms with Gasteiger partial charge in [0.2, 0.25) is 0 Å². The molecule has 1 aliphatic rings. The topological polar surface area (TPSA) is 73.0 Å². The number of non-ortho nitro benzene ring substituents is 1. The van der Waals surface area contributed by atoms with E-state index in [1.807, 2.05) is 6.92 Å². The van der Waals surface area contributed by atoms with Gasteiger partial charge in [0.15, 0.2) is 0 Å². The zero-order valence-corrected chi connectivity index (χ0v) is 14.2. The highest BCUT2D eigenvalue weighted by Crippen LogP contribution is 2.32. The molecule has 0 aliphatic carbocycles. The Labute approximate surface area is 149 Å². The van der Waals surface area contributed by atoms with Gasteiger partial charge < -0.3 is 5.32 Å². The third-order valence-electron chi connectivity index (χ3n) is 4.65. The number of hydrogen-bond acceptors (Lipinski definition) is 4. The fraction of sp³-hybridized carbons (Fsp3) is 0.211. The number of nitro benzene ring substituents is 1. The summed E-state index contributed by atoms with van der Waals surface area (Å²) >= 11 is 0. The largest absolute Gasteiger partial charge is 0.369 e. The lowest BCUT2D eigenvalue weighted by molar-refractivity contribution is -0.384. The lowest BCUT2D eigenvalue weighted by Gasteiger charge is -2.09. The zero-order chi connectivity index (χ0) is 18.3. The second kappa shape index (κ2) is 6.25. The molecule has 0 bridgehead atoms. The van der Waals surface area contributed by atoms with E-state index in [-0.39, 0.29) is 11.5 Å². The molecule has 2 aromatic carbocycles. The molecule has 132 valence electrons. The number of benzene rings is 2. The molecule has 7 heteroatoms. The third-order valence-corrected chi connectivity index (χ3v) is 4.65. The van der Waals surface area contributed by atoms with E-state index in [4.69, 9.17) is 5.10 Å². The third kappa shape index (κ3) is 2.81. The summed E-state index contributed by atoms with van der Waals surface area (Å²) < 4.78 is 14.9. The van der Waals surface area contributed by atoms with Crippen LogP contribution in [0, 0.1) is 22.9 Å². The monoisotopic (exact) mass is 352 g/mol. The number of rotatable bonds is 4. The Morgan fingerprint density at radius 1 is 1.27 bits per heavy atom. The van der Waals surface area contributed by atoms with Crippen LogP contribution in [0.5, 0.6) is 0 Å². The maximum Gasteiger partial charge on any atom is 0.271 e. The fourth-order valence-electron chi connectivity index (χ4n) is 3.30. The molecule has 0 fully saturated rings. The van der Waals surface area contributed by atoms with Crippen LogP contribution < -0.4 is 5.32 Å². The molecule has 0 unspecified atom stereocenters. The van der Waals surface area contributed by atoms with E-state index < -0.39 is 4.92 Å². The van der Waals surface area contributed by atoms with Crippen LogP contribution in [0.4, 0.5) is 15.9 Å². The molecular weight excluding hydrogens is 335 g/mol. The molecule has 2 heterocycles. The van der Waals surface area contributed by atoms with Gasteiger partial charge in [-0.05, 0) is 36.6 Å². The smallest absolute Gasteiger partial charge is 0.271 e. The maximum atomic E-state index is 13.1. The van der Waals surface area contributed by atoms with Gasteiger partial charge in [0.05, 0.1) is 16.3 Å². The number of nitro groups is 1. The van der Waals surface area contributed by atoms with Crippen LogP contribution in [0.25, 0.3) is 5.69 Å². The predicted octanol–water partition coefficient (Wildman–Crippen LogP) is 3.79. The first-order valence-corrected chi connectivity index (χ1v) is 8.37. The summed E-state index contributed by atoms with van der Waals surface area (Å²) in [7, 11) is 0. The quantitative estimate of drug-likeness (QED) is 0.573. The molecule has 26 heavy (non-hydrogen) atoms. The van der Waals surface area contributed by atoms with E-state index >= 15 is 0 Å². The minimum Gasteiger partial charge on any atom is -0.369 e. The Kier molecular flexibility index (Phi) is 3.91. The Bertz CT molecular complexity index is 996. The lowest BCUT2D eigenvalue weighted by Crippen LogP contribution is -2.07. The van der Waals surface area contributed by atoms with E-state index in [1.54, 1.807) is 28.9 Å². The second-order valence-corrected chi connectivity index (χ2v) is 6.39. The molecule has 4 rings (SSSR count). The highest BCUT2D eigenvalue weighted by Gasteiger charge is 2.24. The second-order valence-electron chi connectivity index (χ2n) is 6.39. The van der Waals surface area contributed by atoms with E-state index in [1.165, 1.54) is 18.2 Å². The molecule has 3 aromatic rings. The Morgan fingerprint density at radius 3 is 2.77 bits per heavy atom. The van der Waals surface area contributed by atoms with Crippen LogP contribution in [0.15, 0.2) is 42.5 Å². The molecule has 0 amide bonds. The summed E-state index contributed by atoms with van der Waals surface area (Å²) in [5.74, 6) is 0.615. The number of fused-ring (bicyclic) bond motifs is 1. The molecule has 1 N–H and O–H groups in total.